The third-order valence-corrected chi connectivity index (χ3v) is 5.82. The van der Waals surface area contributed by atoms with E-state index < -0.39 is 28.1 Å². The molecule has 0 heterocycles. The highest BCUT2D eigenvalue weighted by molar-refractivity contribution is 7.89. The van der Waals surface area contributed by atoms with Crippen molar-refractivity contribution in [3.05, 3.63) is 65.7 Å². The molecule has 0 saturated carbocycles. The summed E-state index contributed by atoms with van der Waals surface area (Å²) in [4.78, 5) is 23.1. The molecule has 2 rings (SSSR count). The van der Waals surface area contributed by atoms with Crippen LogP contribution in [-0.4, -0.2) is 38.2 Å². The van der Waals surface area contributed by atoms with Crippen LogP contribution in [0.1, 0.15) is 30.4 Å². The fourth-order valence-corrected chi connectivity index (χ4v) is 3.87. The maximum atomic E-state index is 12.4. The van der Waals surface area contributed by atoms with Gasteiger partial charge in [0.15, 0.2) is 0 Å². The number of benzene rings is 2. The Bertz CT molecular complexity index is 930. The first-order valence-corrected chi connectivity index (χ1v) is 11.0. The minimum Gasteiger partial charge on any atom is -0.480 e. The molecule has 2 aromatic rings. The van der Waals surface area contributed by atoms with E-state index in [1.54, 1.807) is 12.1 Å². The molecule has 0 spiro atoms. The highest BCUT2D eigenvalue weighted by Crippen LogP contribution is 2.12. The van der Waals surface area contributed by atoms with E-state index in [1.807, 2.05) is 37.3 Å². The van der Waals surface area contributed by atoms with E-state index in [4.69, 9.17) is 4.74 Å². The zero-order valence-corrected chi connectivity index (χ0v) is 17.5. The number of aryl methyl sites for hydroxylation is 1. The number of alkyl carbamates (subject to hydrolysis) is 1. The van der Waals surface area contributed by atoms with Gasteiger partial charge in [-0.1, -0.05) is 48.0 Å². The number of carbonyl (C=O) groups is 2. The summed E-state index contributed by atoms with van der Waals surface area (Å²) in [7, 11) is -3.93. The maximum Gasteiger partial charge on any atom is 0.407 e. The second-order valence-corrected chi connectivity index (χ2v) is 8.52. The number of rotatable bonds is 11. The summed E-state index contributed by atoms with van der Waals surface area (Å²) in [6.45, 7) is 2.29. The average Bonchev–Trinajstić information content (AvgIpc) is 2.72. The van der Waals surface area contributed by atoms with E-state index in [0.717, 1.165) is 11.1 Å². The molecule has 0 fully saturated rings. The Morgan fingerprint density at radius 3 is 2.33 bits per heavy atom. The van der Waals surface area contributed by atoms with Crippen LogP contribution in [-0.2, 0) is 26.2 Å². The molecule has 0 aliphatic rings. The lowest BCUT2D eigenvalue weighted by atomic mass is 10.1. The van der Waals surface area contributed by atoms with Crippen molar-refractivity contribution in [1.29, 1.82) is 0 Å². The van der Waals surface area contributed by atoms with Crippen LogP contribution in [0.3, 0.4) is 0 Å². The Morgan fingerprint density at radius 2 is 1.70 bits per heavy atom. The van der Waals surface area contributed by atoms with Crippen molar-refractivity contribution >= 4 is 22.1 Å². The molecular weight excluding hydrogens is 408 g/mol. The second-order valence-electron chi connectivity index (χ2n) is 6.81. The van der Waals surface area contributed by atoms with Gasteiger partial charge in [0.05, 0.1) is 4.90 Å². The number of nitrogens with one attached hydrogen (secondary N) is 2. The Balaban J connectivity index is 1.72. The molecule has 8 nitrogen and oxygen atoms in total. The molecule has 162 valence electrons. The van der Waals surface area contributed by atoms with Crippen molar-refractivity contribution in [3.63, 3.8) is 0 Å². The summed E-state index contributed by atoms with van der Waals surface area (Å²) in [5, 5.41) is 11.9. The van der Waals surface area contributed by atoms with Crippen molar-refractivity contribution < 1.29 is 27.9 Å². The Labute approximate surface area is 176 Å². The molecule has 0 bridgehead atoms. The number of ether oxygens (including phenoxy) is 1. The molecule has 0 saturated heterocycles. The lowest BCUT2D eigenvalue weighted by Crippen LogP contribution is -2.40. The Kier molecular flexibility index (Phi) is 8.82. The summed E-state index contributed by atoms with van der Waals surface area (Å²) >= 11 is 0. The molecule has 1 atom stereocenters. The highest BCUT2D eigenvalue weighted by Gasteiger charge is 2.24. The first-order chi connectivity index (χ1) is 14.3. The summed E-state index contributed by atoms with van der Waals surface area (Å²) in [6.07, 6.45) is 0.429. The highest BCUT2D eigenvalue weighted by atomic mass is 32.2. The van der Waals surface area contributed by atoms with Crippen LogP contribution in [0.15, 0.2) is 59.5 Å². The second kappa shape index (κ2) is 11.3. The maximum absolute atomic E-state index is 12.4. The molecule has 2 aromatic carbocycles. The van der Waals surface area contributed by atoms with E-state index in [-0.39, 0.29) is 17.9 Å². The number of carbonyl (C=O) groups excluding carboxylic acids is 1. The van der Waals surface area contributed by atoms with Crippen molar-refractivity contribution in [2.75, 3.05) is 6.54 Å². The molecule has 30 heavy (non-hydrogen) atoms. The smallest absolute Gasteiger partial charge is 0.407 e. The Morgan fingerprint density at radius 1 is 1.03 bits per heavy atom. The van der Waals surface area contributed by atoms with Crippen LogP contribution >= 0.6 is 0 Å². The first kappa shape index (κ1) is 23.4. The number of aliphatic carboxylic acids is 1. The molecule has 0 aliphatic heterocycles. The normalized spacial score (nSPS) is 12.2. The van der Waals surface area contributed by atoms with Gasteiger partial charge in [0.2, 0.25) is 10.0 Å². The fraction of sp³-hybridized carbons (Fsp3) is 0.333. The summed E-state index contributed by atoms with van der Waals surface area (Å²) < 4.78 is 32.1. The topological polar surface area (TPSA) is 122 Å². The number of sulfonamides is 1. The minimum atomic E-state index is -3.93. The lowest BCUT2D eigenvalue weighted by molar-refractivity contribution is -0.139. The lowest BCUT2D eigenvalue weighted by Gasteiger charge is -2.15. The van der Waals surface area contributed by atoms with Crippen LogP contribution in [0.4, 0.5) is 4.79 Å². The van der Waals surface area contributed by atoms with Gasteiger partial charge in [0.1, 0.15) is 12.6 Å². The van der Waals surface area contributed by atoms with Crippen LogP contribution < -0.4 is 10.0 Å². The predicted molar refractivity (Wildman–Crippen MR) is 111 cm³/mol. The van der Waals surface area contributed by atoms with Gasteiger partial charge in [0.25, 0.3) is 0 Å². The standard InChI is InChI=1S/C21H26N2O6S/c1-16-10-12-18(13-11-16)30(27,28)23-19(20(24)25)9-5-6-14-22-21(26)29-15-17-7-3-2-4-8-17/h2-4,7-8,10-13,19,23H,5-6,9,14-15H2,1H3,(H,22,26)(H,24,25)/t19-/m0/s1. The molecular formula is C21H26N2O6S. The van der Waals surface area contributed by atoms with Gasteiger partial charge in [0, 0.05) is 6.54 Å². The van der Waals surface area contributed by atoms with Crippen LogP contribution in [0, 0.1) is 6.92 Å². The zero-order valence-electron chi connectivity index (χ0n) is 16.7. The van der Waals surface area contributed by atoms with Gasteiger partial charge in [-0.05, 0) is 43.9 Å². The monoisotopic (exact) mass is 434 g/mol. The van der Waals surface area contributed by atoms with Crippen molar-refractivity contribution in [2.45, 2.75) is 43.7 Å². The molecule has 9 heteroatoms. The van der Waals surface area contributed by atoms with Gasteiger partial charge < -0.3 is 15.2 Å². The fourth-order valence-electron chi connectivity index (χ4n) is 2.64. The van der Waals surface area contributed by atoms with Gasteiger partial charge in [-0.25, -0.2) is 13.2 Å². The number of unbranched alkanes of at least 4 members (excludes halogenated alkanes) is 1. The number of carboxylic acids is 1. The number of hydrogen-bond donors (Lipinski definition) is 3. The van der Waals surface area contributed by atoms with E-state index in [9.17, 15) is 23.1 Å². The molecule has 0 radical (unpaired) electrons. The van der Waals surface area contributed by atoms with Crippen molar-refractivity contribution in [3.8, 4) is 0 Å². The van der Waals surface area contributed by atoms with E-state index in [0.29, 0.717) is 19.4 Å². The van der Waals surface area contributed by atoms with E-state index in [1.165, 1.54) is 12.1 Å². The first-order valence-electron chi connectivity index (χ1n) is 9.54. The third kappa shape index (κ3) is 7.84. The van der Waals surface area contributed by atoms with Crippen molar-refractivity contribution in [1.82, 2.24) is 10.0 Å². The predicted octanol–water partition coefficient (Wildman–Crippen LogP) is 2.82. The minimum absolute atomic E-state index is 0.0159. The molecule has 1 amide bonds. The van der Waals surface area contributed by atoms with Gasteiger partial charge in [-0.15, -0.1) is 0 Å². The zero-order chi connectivity index (χ0) is 22.0. The molecule has 3 N–H and O–H groups in total. The van der Waals surface area contributed by atoms with Gasteiger partial charge in [-0.3, -0.25) is 4.79 Å². The van der Waals surface area contributed by atoms with Crippen molar-refractivity contribution in [2.24, 2.45) is 0 Å². The molecule has 0 unspecified atom stereocenters. The van der Waals surface area contributed by atoms with Crippen LogP contribution in [0.2, 0.25) is 0 Å². The molecule has 0 aliphatic carbocycles. The Hall–Kier alpha value is -2.91. The van der Waals surface area contributed by atoms with Gasteiger partial charge in [-0.2, -0.15) is 4.72 Å². The summed E-state index contributed by atoms with van der Waals surface area (Å²) in [5.41, 5.74) is 1.77. The quantitative estimate of drug-likeness (QED) is 0.468. The van der Waals surface area contributed by atoms with Gasteiger partial charge >= 0.3 is 12.1 Å². The summed E-state index contributed by atoms with van der Waals surface area (Å²) in [5.74, 6) is -1.25. The van der Waals surface area contributed by atoms with E-state index in [2.05, 4.69) is 10.0 Å². The van der Waals surface area contributed by atoms with Crippen LogP contribution in [0.5, 0.6) is 0 Å². The molecule has 0 aromatic heterocycles. The third-order valence-electron chi connectivity index (χ3n) is 4.33. The largest absolute Gasteiger partial charge is 0.480 e. The number of amides is 1. The number of hydrogen-bond acceptors (Lipinski definition) is 5. The van der Waals surface area contributed by atoms with Crippen LogP contribution in [0.25, 0.3) is 0 Å². The summed E-state index contributed by atoms with van der Waals surface area (Å²) in [6, 6.07) is 14.2. The number of carboxylic acid groups (broad SMARTS) is 1. The SMILES string of the molecule is Cc1ccc(S(=O)(=O)N[C@@H](CCCCNC(=O)OCc2ccccc2)C(=O)O)cc1. The average molecular weight is 435 g/mol. The van der Waals surface area contributed by atoms with E-state index >= 15 is 0 Å².